The first-order valence-electron chi connectivity index (χ1n) is 4.16. The third-order valence-corrected chi connectivity index (χ3v) is 1.26. The van der Waals surface area contributed by atoms with Gasteiger partial charge in [-0.05, 0) is 13.6 Å². The fraction of sp³-hybridized carbons (Fsp3) is 0.875. The van der Waals surface area contributed by atoms with Gasteiger partial charge < -0.3 is 10.2 Å². The lowest BCUT2D eigenvalue weighted by Crippen LogP contribution is -2.28. The molecule has 0 aliphatic rings. The minimum absolute atomic E-state index is 0.726. The normalized spacial score (nSPS) is 8.45. The van der Waals surface area contributed by atoms with Crippen molar-refractivity contribution in [2.45, 2.75) is 20.8 Å². The molecular formula is C8H20N2O. The Morgan fingerprint density at radius 3 is 2.36 bits per heavy atom. The molecular weight excluding hydrogens is 140 g/mol. The Bertz CT molecular complexity index is 76.5. The lowest BCUT2D eigenvalue weighted by atomic mass is 10.5. The fourth-order valence-corrected chi connectivity index (χ4v) is 0.472. The molecule has 0 bridgehead atoms. The first-order valence-corrected chi connectivity index (χ1v) is 4.16. The van der Waals surface area contributed by atoms with Crippen LogP contribution < -0.4 is 5.32 Å². The first kappa shape index (κ1) is 13.1. The summed E-state index contributed by atoms with van der Waals surface area (Å²) in [6.07, 6.45) is 0.726. The third-order valence-electron chi connectivity index (χ3n) is 1.26. The van der Waals surface area contributed by atoms with Crippen molar-refractivity contribution in [3.05, 3.63) is 0 Å². The summed E-state index contributed by atoms with van der Waals surface area (Å²) < 4.78 is 0. The molecule has 0 heterocycles. The second-order valence-corrected chi connectivity index (χ2v) is 1.97. The van der Waals surface area contributed by atoms with Crippen LogP contribution in [0.3, 0.4) is 0 Å². The summed E-state index contributed by atoms with van der Waals surface area (Å²) in [5.41, 5.74) is 0. The molecule has 0 spiro atoms. The predicted octanol–water partition coefficient (Wildman–Crippen LogP) is 0.710. The van der Waals surface area contributed by atoms with Gasteiger partial charge in [0.1, 0.15) is 0 Å². The minimum Gasteiger partial charge on any atom is -0.357 e. The van der Waals surface area contributed by atoms with Gasteiger partial charge in [-0.1, -0.05) is 20.8 Å². The molecule has 0 atom stereocenters. The zero-order valence-corrected chi connectivity index (χ0v) is 8.05. The Kier molecular flexibility index (Phi) is 14.4. The van der Waals surface area contributed by atoms with Crippen LogP contribution >= 0.6 is 0 Å². The van der Waals surface area contributed by atoms with Crippen LogP contribution in [0.5, 0.6) is 0 Å². The zero-order chi connectivity index (χ0) is 9.11. The molecule has 0 radical (unpaired) electrons. The molecule has 3 nitrogen and oxygen atoms in total. The molecule has 0 fully saturated rings. The summed E-state index contributed by atoms with van der Waals surface area (Å²) in [6.45, 7) is 8.78. The largest absolute Gasteiger partial charge is 0.357 e. The molecule has 0 aromatic heterocycles. The monoisotopic (exact) mass is 160 g/mol. The highest BCUT2D eigenvalue weighted by molar-refractivity contribution is 5.45. The number of rotatable bonds is 5. The van der Waals surface area contributed by atoms with Gasteiger partial charge in [-0.25, -0.2) is 0 Å². The Morgan fingerprint density at radius 2 is 2.00 bits per heavy atom. The molecule has 68 valence electrons. The molecule has 0 aliphatic heterocycles. The minimum atomic E-state index is 0.726. The highest BCUT2D eigenvalue weighted by Gasteiger charge is 1.90. The summed E-state index contributed by atoms with van der Waals surface area (Å²) in [6, 6.07) is 0. The van der Waals surface area contributed by atoms with E-state index in [0.29, 0.717) is 0 Å². The SMILES string of the molecule is CC.CCN(C)CCNC=O. The topological polar surface area (TPSA) is 32.3 Å². The molecule has 3 heteroatoms. The van der Waals surface area contributed by atoms with Crippen LogP contribution in [0.2, 0.25) is 0 Å². The average molecular weight is 160 g/mol. The van der Waals surface area contributed by atoms with Crippen LogP contribution in [0.1, 0.15) is 20.8 Å². The number of likely N-dealkylation sites (N-methyl/N-ethyl adjacent to an activating group) is 1. The molecule has 1 amide bonds. The van der Waals surface area contributed by atoms with E-state index >= 15 is 0 Å². The van der Waals surface area contributed by atoms with Crippen molar-refractivity contribution in [1.82, 2.24) is 10.2 Å². The van der Waals surface area contributed by atoms with Crippen LogP contribution in [0.4, 0.5) is 0 Å². The maximum Gasteiger partial charge on any atom is 0.207 e. The molecule has 0 unspecified atom stereocenters. The second-order valence-electron chi connectivity index (χ2n) is 1.97. The summed E-state index contributed by atoms with van der Waals surface area (Å²) in [7, 11) is 2.02. The fourth-order valence-electron chi connectivity index (χ4n) is 0.472. The Hall–Kier alpha value is -0.570. The van der Waals surface area contributed by atoms with Gasteiger partial charge >= 0.3 is 0 Å². The molecule has 0 saturated heterocycles. The molecule has 0 rings (SSSR count). The second kappa shape index (κ2) is 12.1. The number of carbonyl (C=O) groups is 1. The van der Waals surface area contributed by atoms with Gasteiger partial charge in [-0.3, -0.25) is 4.79 Å². The van der Waals surface area contributed by atoms with E-state index in [9.17, 15) is 4.79 Å². The van der Waals surface area contributed by atoms with Crippen LogP contribution in [0, 0.1) is 0 Å². The van der Waals surface area contributed by atoms with Crippen molar-refractivity contribution in [1.29, 1.82) is 0 Å². The van der Waals surface area contributed by atoms with Gasteiger partial charge in [0.05, 0.1) is 0 Å². The number of hydrogen-bond acceptors (Lipinski definition) is 2. The third kappa shape index (κ3) is 12.6. The lowest BCUT2D eigenvalue weighted by Gasteiger charge is -2.11. The highest BCUT2D eigenvalue weighted by Crippen LogP contribution is 1.75. The van der Waals surface area contributed by atoms with Crippen LogP contribution in [-0.4, -0.2) is 38.0 Å². The van der Waals surface area contributed by atoms with E-state index in [1.165, 1.54) is 0 Å². The number of nitrogens with one attached hydrogen (secondary N) is 1. The summed E-state index contributed by atoms with van der Waals surface area (Å²) in [5.74, 6) is 0. The first-order chi connectivity index (χ1) is 5.31. The maximum absolute atomic E-state index is 9.75. The number of hydrogen-bond donors (Lipinski definition) is 1. The highest BCUT2D eigenvalue weighted by atomic mass is 16.1. The Morgan fingerprint density at radius 1 is 1.45 bits per heavy atom. The van der Waals surface area contributed by atoms with E-state index in [2.05, 4.69) is 17.1 Å². The van der Waals surface area contributed by atoms with Gasteiger partial charge in [0.15, 0.2) is 0 Å². The quantitative estimate of drug-likeness (QED) is 0.474. The zero-order valence-electron chi connectivity index (χ0n) is 8.05. The molecule has 11 heavy (non-hydrogen) atoms. The van der Waals surface area contributed by atoms with Crippen molar-refractivity contribution in [3.8, 4) is 0 Å². The van der Waals surface area contributed by atoms with Crippen molar-refractivity contribution < 1.29 is 4.79 Å². The van der Waals surface area contributed by atoms with E-state index in [-0.39, 0.29) is 0 Å². The smallest absolute Gasteiger partial charge is 0.207 e. The summed E-state index contributed by atoms with van der Waals surface area (Å²) in [4.78, 5) is 11.9. The average Bonchev–Trinajstić information content (AvgIpc) is 2.08. The van der Waals surface area contributed by atoms with E-state index in [1.807, 2.05) is 20.9 Å². The van der Waals surface area contributed by atoms with Gasteiger partial charge in [-0.2, -0.15) is 0 Å². The number of carbonyl (C=O) groups excluding carboxylic acids is 1. The van der Waals surface area contributed by atoms with Crippen molar-refractivity contribution in [2.24, 2.45) is 0 Å². The van der Waals surface area contributed by atoms with Crippen molar-refractivity contribution in [2.75, 3.05) is 26.7 Å². The van der Waals surface area contributed by atoms with Gasteiger partial charge in [0.25, 0.3) is 0 Å². The van der Waals surface area contributed by atoms with Gasteiger partial charge in [0.2, 0.25) is 6.41 Å². The summed E-state index contributed by atoms with van der Waals surface area (Å²) >= 11 is 0. The Balaban J connectivity index is 0. The lowest BCUT2D eigenvalue weighted by molar-refractivity contribution is -0.109. The molecule has 1 N–H and O–H groups in total. The molecule has 0 aromatic carbocycles. The van der Waals surface area contributed by atoms with Crippen molar-refractivity contribution in [3.63, 3.8) is 0 Å². The Labute approximate surface area is 69.8 Å². The predicted molar refractivity (Wildman–Crippen MR) is 48.6 cm³/mol. The van der Waals surface area contributed by atoms with E-state index in [1.54, 1.807) is 0 Å². The van der Waals surface area contributed by atoms with E-state index < -0.39 is 0 Å². The standard InChI is InChI=1S/C6H14N2O.C2H6/c1-3-8(2)5-4-7-6-9;1-2/h6H,3-5H2,1-2H3,(H,7,9);1-2H3. The van der Waals surface area contributed by atoms with Crippen LogP contribution in [-0.2, 0) is 4.79 Å². The van der Waals surface area contributed by atoms with E-state index in [0.717, 1.165) is 26.0 Å². The number of amides is 1. The molecule has 0 aliphatic carbocycles. The van der Waals surface area contributed by atoms with Gasteiger partial charge in [0, 0.05) is 13.1 Å². The van der Waals surface area contributed by atoms with E-state index in [4.69, 9.17) is 0 Å². The number of nitrogens with zero attached hydrogens (tertiary/aromatic N) is 1. The molecule has 0 aromatic rings. The van der Waals surface area contributed by atoms with Crippen LogP contribution in [0.25, 0.3) is 0 Å². The van der Waals surface area contributed by atoms with Crippen LogP contribution in [0.15, 0.2) is 0 Å². The van der Waals surface area contributed by atoms with Gasteiger partial charge in [-0.15, -0.1) is 0 Å². The molecule has 0 saturated carbocycles. The maximum atomic E-state index is 9.75. The summed E-state index contributed by atoms with van der Waals surface area (Å²) in [5, 5.41) is 2.59. The van der Waals surface area contributed by atoms with Crippen molar-refractivity contribution >= 4 is 6.41 Å².